The fourth-order valence-corrected chi connectivity index (χ4v) is 4.23. The first-order valence-electron chi connectivity index (χ1n) is 10.5. The van der Waals surface area contributed by atoms with Gasteiger partial charge in [0.2, 0.25) is 0 Å². The number of benzene rings is 1. The van der Waals surface area contributed by atoms with Crippen molar-refractivity contribution < 1.29 is 9.53 Å². The number of amides is 1. The number of ether oxygens (including phenoxy) is 1. The standard InChI is InChI=1S/C23H29N5O2/c1-16-13-17(2)28-22(26-16)20(14-25-28)23(29)24-15-21(27-11-5-4-6-12-27)18-7-9-19(30-3)10-8-18/h7-10,13-14,21H,4-6,11-12,15H2,1-3H3,(H,24,29)/t21-/m0/s1. The lowest BCUT2D eigenvalue weighted by molar-refractivity contribution is 0.0926. The summed E-state index contributed by atoms with van der Waals surface area (Å²) in [6.45, 7) is 6.52. The molecule has 2 aromatic heterocycles. The first-order chi connectivity index (χ1) is 14.6. The van der Waals surface area contributed by atoms with Crippen molar-refractivity contribution in [2.75, 3.05) is 26.7 Å². The van der Waals surface area contributed by atoms with E-state index in [2.05, 4.69) is 32.4 Å². The highest BCUT2D eigenvalue weighted by molar-refractivity contribution is 5.99. The Balaban J connectivity index is 1.55. The van der Waals surface area contributed by atoms with Crippen molar-refractivity contribution in [3.63, 3.8) is 0 Å². The zero-order chi connectivity index (χ0) is 21.1. The van der Waals surface area contributed by atoms with E-state index in [9.17, 15) is 4.79 Å². The maximum atomic E-state index is 13.0. The lowest BCUT2D eigenvalue weighted by Crippen LogP contribution is -2.40. The zero-order valence-corrected chi connectivity index (χ0v) is 17.9. The topological polar surface area (TPSA) is 71.8 Å². The molecule has 1 aromatic carbocycles. The van der Waals surface area contributed by atoms with Crippen molar-refractivity contribution in [2.24, 2.45) is 0 Å². The number of nitrogens with zero attached hydrogens (tertiary/aromatic N) is 4. The molecule has 0 aliphatic carbocycles. The Kier molecular flexibility index (Phi) is 5.99. The highest BCUT2D eigenvalue weighted by Gasteiger charge is 2.24. The highest BCUT2D eigenvalue weighted by Crippen LogP contribution is 2.26. The Morgan fingerprint density at radius 2 is 1.90 bits per heavy atom. The average Bonchev–Trinajstić information content (AvgIpc) is 3.19. The van der Waals surface area contributed by atoms with E-state index in [1.165, 1.54) is 24.8 Å². The molecule has 1 atom stereocenters. The number of hydrogen-bond donors (Lipinski definition) is 1. The molecule has 0 bridgehead atoms. The van der Waals surface area contributed by atoms with Crippen LogP contribution in [0.3, 0.4) is 0 Å². The number of aromatic nitrogens is 3. The van der Waals surface area contributed by atoms with E-state index < -0.39 is 0 Å². The number of hydrogen-bond acceptors (Lipinski definition) is 5. The normalized spacial score (nSPS) is 15.8. The summed E-state index contributed by atoms with van der Waals surface area (Å²) in [5.41, 5.74) is 4.13. The van der Waals surface area contributed by atoms with Crippen molar-refractivity contribution in [3.8, 4) is 5.75 Å². The molecule has 1 saturated heterocycles. The quantitative estimate of drug-likeness (QED) is 0.679. The predicted molar refractivity (Wildman–Crippen MR) is 116 cm³/mol. The third-order valence-electron chi connectivity index (χ3n) is 5.81. The average molecular weight is 408 g/mol. The number of carbonyl (C=O) groups excluding carboxylic acids is 1. The molecule has 3 aromatic rings. The van der Waals surface area contributed by atoms with Crippen LogP contribution in [0.2, 0.25) is 0 Å². The third kappa shape index (κ3) is 4.16. The van der Waals surface area contributed by atoms with Crippen LogP contribution in [0, 0.1) is 13.8 Å². The summed E-state index contributed by atoms with van der Waals surface area (Å²) in [4.78, 5) is 20.0. The van der Waals surface area contributed by atoms with Gasteiger partial charge >= 0.3 is 0 Å². The molecule has 0 radical (unpaired) electrons. The third-order valence-corrected chi connectivity index (χ3v) is 5.81. The fraction of sp³-hybridized carbons (Fsp3) is 0.435. The lowest BCUT2D eigenvalue weighted by atomic mass is 10.0. The number of rotatable bonds is 6. The number of methoxy groups -OCH3 is 1. The predicted octanol–water partition coefficient (Wildman–Crippen LogP) is 3.31. The summed E-state index contributed by atoms with van der Waals surface area (Å²) in [6, 6.07) is 10.2. The highest BCUT2D eigenvalue weighted by atomic mass is 16.5. The van der Waals surface area contributed by atoms with Crippen LogP contribution in [-0.2, 0) is 0 Å². The molecule has 1 aliphatic heterocycles. The van der Waals surface area contributed by atoms with Crippen LogP contribution in [0.25, 0.3) is 5.65 Å². The second-order valence-electron chi connectivity index (χ2n) is 7.93. The molecular formula is C23H29N5O2. The van der Waals surface area contributed by atoms with Gasteiger partial charge in [0.25, 0.3) is 5.91 Å². The second-order valence-corrected chi connectivity index (χ2v) is 7.93. The van der Waals surface area contributed by atoms with E-state index >= 15 is 0 Å². The molecule has 4 rings (SSSR count). The molecule has 0 spiro atoms. The lowest BCUT2D eigenvalue weighted by Gasteiger charge is -2.35. The number of aryl methyl sites for hydroxylation is 2. The molecule has 1 N–H and O–H groups in total. The van der Waals surface area contributed by atoms with Gasteiger partial charge in [-0.3, -0.25) is 9.69 Å². The van der Waals surface area contributed by atoms with Crippen molar-refractivity contribution in [1.29, 1.82) is 0 Å². The second kappa shape index (κ2) is 8.83. The van der Waals surface area contributed by atoms with Gasteiger partial charge in [0.05, 0.1) is 19.3 Å². The summed E-state index contributed by atoms with van der Waals surface area (Å²) in [5, 5.41) is 7.48. The summed E-state index contributed by atoms with van der Waals surface area (Å²) in [6.07, 6.45) is 5.26. The van der Waals surface area contributed by atoms with Crippen molar-refractivity contribution in [2.45, 2.75) is 39.2 Å². The Hall–Kier alpha value is -2.93. The van der Waals surface area contributed by atoms with Gasteiger partial charge in [0.15, 0.2) is 5.65 Å². The van der Waals surface area contributed by atoms with Crippen molar-refractivity contribution in [1.82, 2.24) is 24.8 Å². The van der Waals surface area contributed by atoms with E-state index in [0.29, 0.717) is 17.8 Å². The Morgan fingerprint density at radius 1 is 1.17 bits per heavy atom. The molecular weight excluding hydrogens is 378 g/mol. The van der Waals surface area contributed by atoms with Gasteiger partial charge in [0.1, 0.15) is 11.3 Å². The minimum Gasteiger partial charge on any atom is -0.497 e. The summed E-state index contributed by atoms with van der Waals surface area (Å²) < 4.78 is 7.02. The minimum atomic E-state index is -0.141. The minimum absolute atomic E-state index is 0.124. The van der Waals surface area contributed by atoms with E-state index in [1.54, 1.807) is 17.8 Å². The van der Waals surface area contributed by atoms with Crippen LogP contribution in [0.4, 0.5) is 0 Å². The van der Waals surface area contributed by atoms with Crippen LogP contribution in [0.5, 0.6) is 5.75 Å². The van der Waals surface area contributed by atoms with Crippen molar-refractivity contribution >= 4 is 11.6 Å². The first kappa shape index (κ1) is 20.3. The van der Waals surface area contributed by atoms with E-state index in [-0.39, 0.29) is 11.9 Å². The van der Waals surface area contributed by atoms with Gasteiger partial charge in [-0.2, -0.15) is 5.10 Å². The summed E-state index contributed by atoms with van der Waals surface area (Å²) in [5.74, 6) is 0.696. The van der Waals surface area contributed by atoms with Gasteiger partial charge in [-0.25, -0.2) is 9.50 Å². The van der Waals surface area contributed by atoms with E-state index in [1.807, 2.05) is 32.0 Å². The first-order valence-corrected chi connectivity index (χ1v) is 10.5. The Morgan fingerprint density at radius 3 is 2.60 bits per heavy atom. The van der Waals surface area contributed by atoms with Crippen molar-refractivity contribution in [3.05, 3.63) is 59.0 Å². The van der Waals surface area contributed by atoms with Crippen LogP contribution in [0.15, 0.2) is 36.5 Å². The Labute approximate surface area is 177 Å². The number of fused-ring (bicyclic) bond motifs is 1. The molecule has 30 heavy (non-hydrogen) atoms. The molecule has 0 unspecified atom stereocenters. The monoisotopic (exact) mass is 407 g/mol. The molecule has 1 fully saturated rings. The molecule has 3 heterocycles. The smallest absolute Gasteiger partial charge is 0.256 e. The van der Waals surface area contributed by atoms with E-state index in [0.717, 1.165) is 30.2 Å². The number of nitrogens with one attached hydrogen (secondary N) is 1. The zero-order valence-electron chi connectivity index (χ0n) is 17.9. The molecule has 158 valence electrons. The molecule has 0 saturated carbocycles. The van der Waals surface area contributed by atoms with Gasteiger partial charge in [-0.05, 0) is 63.5 Å². The van der Waals surface area contributed by atoms with Gasteiger partial charge in [-0.1, -0.05) is 18.6 Å². The number of carbonyl (C=O) groups is 1. The van der Waals surface area contributed by atoms with Crippen LogP contribution in [-0.4, -0.2) is 52.1 Å². The SMILES string of the molecule is COc1ccc([C@H](CNC(=O)c2cnn3c(C)cc(C)nc23)N2CCCCC2)cc1. The fourth-order valence-electron chi connectivity index (χ4n) is 4.23. The maximum absolute atomic E-state index is 13.0. The summed E-state index contributed by atoms with van der Waals surface area (Å²) >= 11 is 0. The number of likely N-dealkylation sites (tertiary alicyclic amines) is 1. The van der Waals surface area contributed by atoms with Gasteiger partial charge in [0, 0.05) is 17.9 Å². The van der Waals surface area contributed by atoms with Gasteiger partial charge in [-0.15, -0.1) is 0 Å². The molecule has 1 amide bonds. The molecule has 7 nitrogen and oxygen atoms in total. The van der Waals surface area contributed by atoms with E-state index in [4.69, 9.17) is 4.74 Å². The summed E-state index contributed by atoms with van der Waals surface area (Å²) in [7, 11) is 1.67. The van der Waals surface area contributed by atoms with Crippen LogP contribution >= 0.6 is 0 Å². The number of piperidine rings is 1. The maximum Gasteiger partial charge on any atom is 0.256 e. The Bertz CT molecular complexity index is 1020. The molecule has 1 aliphatic rings. The molecule has 7 heteroatoms. The van der Waals surface area contributed by atoms with Crippen LogP contribution in [0.1, 0.15) is 52.6 Å². The largest absolute Gasteiger partial charge is 0.497 e. The van der Waals surface area contributed by atoms with Crippen LogP contribution < -0.4 is 10.1 Å². The van der Waals surface area contributed by atoms with Gasteiger partial charge < -0.3 is 10.1 Å².